The van der Waals surface area contributed by atoms with Crippen LogP contribution >= 0.6 is 0 Å². The fourth-order valence-electron chi connectivity index (χ4n) is 2.17. The molecule has 2 heterocycles. The molecular formula is C16H22N2O2. The van der Waals surface area contributed by atoms with Crippen molar-refractivity contribution >= 4 is 11.7 Å². The second kappa shape index (κ2) is 5.65. The zero-order valence-electron chi connectivity index (χ0n) is 12.6. The summed E-state index contributed by atoms with van der Waals surface area (Å²) < 4.78 is 5.38. The number of carbonyl (C=O) groups is 1. The molecule has 4 heteroatoms. The van der Waals surface area contributed by atoms with Gasteiger partial charge in [-0.15, -0.1) is 0 Å². The molecule has 0 fully saturated rings. The third-order valence-electron chi connectivity index (χ3n) is 3.13. The monoisotopic (exact) mass is 274 g/mol. The first-order valence-electron chi connectivity index (χ1n) is 6.95. The topological polar surface area (TPSA) is 42.4 Å². The molecule has 20 heavy (non-hydrogen) atoms. The van der Waals surface area contributed by atoms with Gasteiger partial charge in [0.2, 0.25) is 0 Å². The number of pyridine rings is 1. The van der Waals surface area contributed by atoms with Gasteiger partial charge in [0.05, 0.1) is 0 Å². The van der Waals surface area contributed by atoms with Gasteiger partial charge in [0.15, 0.2) is 0 Å². The molecule has 1 aromatic heterocycles. The van der Waals surface area contributed by atoms with E-state index in [0.29, 0.717) is 13.1 Å². The summed E-state index contributed by atoms with van der Waals surface area (Å²) >= 11 is 0. The van der Waals surface area contributed by atoms with E-state index in [1.54, 1.807) is 4.90 Å². The number of hydrogen-bond acceptors (Lipinski definition) is 3. The highest BCUT2D eigenvalue weighted by Gasteiger charge is 2.23. The Hall–Kier alpha value is -1.84. The van der Waals surface area contributed by atoms with E-state index >= 15 is 0 Å². The van der Waals surface area contributed by atoms with Gasteiger partial charge in [-0.3, -0.25) is 4.98 Å². The standard InChI is InChI=1S/C16H22N2O2/c1-12-11-14(5-8-17-12)13-6-9-18(10-7-13)15(19)20-16(2,3)4/h5-6,8,11H,7,9-10H2,1-4H3. The number of hydrogen-bond donors (Lipinski definition) is 0. The lowest BCUT2D eigenvalue weighted by Crippen LogP contribution is -2.39. The molecule has 1 aliphatic heterocycles. The normalized spacial score (nSPS) is 15.8. The number of amides is 1. The minimum Gasteiger partial charge on any atom is -0.444 e. The molecular weight excluding hydrogens is 252 g/mol. The van der Waals surface area contributed by atoms with Gasteiger partial charge in [0.25, 0.3) is 0 Å². The first-order valence-corrected chi connectivity index (χ1v) is 6.95. The molecule has 0 saturated heterocycles. The van der Waals surface area contributed by atoms with Gasteiger partial charge >= 0.3 is 6.09 Å². The third-order valence-corrected chi connectivity index (χ3v) is 3.13. The van der Waals surface area contributed by atoms with Crippen LogP contribution in [0.4, 0.5) is 4.79 Å². The molecule has 1 amide bonds. The number of carbonyl (C=O) groups excluding carboxylic acids is 1. The minimum absolute atomic E-state index is 0.237. The smallest absolute Gasteiger partial charge is 0.410 e. The molecule has 2 rings (SSSR count). The second-order valence-corrected chi connectivity index (χ2v) is 6.09. The van der Waals surface area contributed by atoms with E-state index in [9.17, 15) is 4.79 Å². The fraction of sp³-hybridized carbons (Fsp3) is 0.500. The molecule has 0 atom stereocenters. The lowest BCUT2D eigenvalue weighted by Gasteiger charge is -2.29. The van der Waals surface area contributed by atoms with E-state index in [1.807, 2.05) is 40.0 Å². The molecule has 0 spiro atoms. The van der Waals surface area contributed by atoms with Crippen molar-refractivity contribution in [3.8, 4) is 0 Å². The number of aromatic nitrogens is 1. The van der Waals surface area contributed by atoms with Crippen molar-refractivity contribution in [2.24, 2.45) is 0 Å². The highest BCUT2D eigenvalue weighted by molar-refractivity contribution is 5.72. The van der Waals surface area contributed by atoms with Crippen molar-refractivity contribution in [1.29, 1.82) is 0 Å². The fourth-order valence-corrected chi connectivity index (χ4v) is 2.17. The molecule has 0 aromatic carbocycles. The van der Waals surface area contributed by atoms with Gasteiger partial charge < -0.3 is 9.64 Å². The predicted molar refractivity (Wildman–Crippen MR) is 79.4 cm³/mol. The Bertz CT molecular complexity index is 530. The van der Waals surface area contributed by atoms with Gasteiger partial charge in [-0.1, -0.05) is 6.08 Å². The van der Waals surface area contributed by atoms with Crippen LogP contribution in [0.25, 0.3) is 5.57 Å². The maximum atomic E-state index is 12.0. The van der Waals surface area contributed by atoms with Gasteiger partial charge in [-0.2, -0.15) is 0 Å². The number of ether oxygens (including phenoxy) is 1. The molecule has 0 bridgehead atoms. The van der Waals surface area contributed by atoms with E-state index in [0.717, 1.165) is 12.1 Å². The quantitative estimate of drug-likeness (QED) is 0.788. The van der Waals surface area contributed by atoms with Crippen LogP contribution in [-0.4, -0.2) is 34.7 Å². The summed E-state index contributed by atoms with van der Waals surface area (Å²) in [5.74, 6) is 0. The maximum Gasteiger partial charge on any atom is 0.410 e. The Morgan fingerprint density at radius 2 is 2.15 bits per heavy atom. The summed E-state index contributed by atoms with van der Waals surface area (Å²) in [6.07, 6.45) is 4.54. The zero-order valence-corrected chi connectivity index (χ0v) is 12.6. The van der Waals surface area contributed by atoms with E-state index in [1.165, 1.54) is 11.1 Å². The first-order chi connectivity index (χ1) is 9.35. The lowest BCUT2D eigenvalue weighted by atomic mass is 10.00. The predicted octanol–water partition coefficient (Wildman–Crippen LogP) is 3.41. The number of rotatable bonds is 1. The molecule has 0 N–H and O–H groups in total. The molecule has 0 aliphatic carbocycles. The molecule has 4 nitrogen and oxygen atoms in total. The van der Waals surface area contributed by atoms with Crippen LogP contribution in [0.1, 0.15) is 38.4 Å². The van der Waals surface area contributed by atoms with Crippen LogP contribution in [0.5, 0.6) is 0 Å². The Morgan fingerprint density at radius 1 is 1.40 bits per heavy atom. The van der Waals surface area contributed by atoms with Crippen molar-refractivity contribution < 1.29 is 9.53 Å². The minimum atomic E-state index is -0.441. The molecule has 1 aromatic rings. The van der Waals surface area contributed by atoms with E-state index in [-0.39, 0.29) is 6.09 Å². The van der Waals surface area contributed by atoms with Gasteiger partial charge in [0.1, 0.15) is 5.60 Å². The SMILES string of the molecule is Cc1cc(C2=CCN(C(=O)OC(C)(C)C)CC2)ccn1. The molecule has 0 saturated carbocycles. The summed E-state index contributed by atoms with van der Waals surface area (Å²) in [6.45, 7) is 8.94. The Kier molecular flexibility index (Phi) is 4.12. The van der Waals surface area contributed by atoms with Gasteiger partial charge in [-0.05, 0) is 57.4 Å². The van der Waals surface area contributed by atoms with Gasteiger partial charge in [-0.25, -0.2) is 4.79 Å². The van der Waals surface area contributed by atoms with Crippen LogP contribution in [0, 0.1) is 6.92 Å². The molecule has 1 aliphatic rings. The van der Waals surface area contributed by atoms with Crippen LogP contribution in [0.3, 0.4) is 0 Å². The highest BCUT2D eigenvalue weighted by atomic mass is 16.6. The summed E-state index contributed by atoms with van der Waals surface area (Å²) in [5.41, 5.74) is 3.04. The third kappa shape index (κ3) is 3.83. The first kappa shape index (κ1) is 14.6. The molecule has 0 radical (unpaired) electrons. The number of nitrogens with zero attached hydrogens (tertiary/aromatic N) is 2. The van der Waals surface area contributed by atoms with Gasteiger partial charge in [0, 0.05) is 25.0 Å². The van der Waals surface area contributed by atoms with Crippen molar-refractivity contribution in [3.05, 3.63) is 35.7 Å². The number of aryl methyl sites for hydroxylation is 1. The summed E-state index contributed by atoms with van der Waals surface area (Å²) in [7, 11) is 0. The highest BCUT2D eigenvalue weighted by Crippen LogP contribution is 2.23. The van der Waals surface area contributed by atoms with Crippen LogP contribution in [0.15, 0.2) is 24.4 Å². The van der Waals surface area contributed by atoms with Crippen LogP contribution in [0.2, 0.25) is 0 Å². The van der Waals surface area contributed by atoms with E-state index in [2.05, 4.69) is 17.1 Å². The average molecular weight is 274 g/mol. The van der Waals surface area contributed by atoms with Crippen molar-refractivity contribution in [2.45, 2.75) is 39.7 Å². The Balaban J connectivity index is 2.02. The second-order valence-electron chi connectivity index (χ2n) is 6.09. The van der Waals surface area contributed by atoms with E-state index in [4.69, 9.17) is 4.74 Å². The molecule has 0 unspecified atom stereocenters. The zero-order chi connectivity index (χ0) is 14.8. The summed E-state index contributed by atoms with van der Waals surface area (Å²) in [4.78, 5) is 17.9. The summed E-state index contributed by atoms with van der Waals surface area (Å²) in [6, 6.07) is 4.09. The van der Waals surface area contributed by atoms with Crippen molar-refractivity contribution in [3.63, 3.8) is 0 Å². The molecule has 108 valence electrons. The Labute approximate surface area is 120 Å². The Morgan fingerprint density at radius 3 is 2.70 bits per heavy atom. The van der Waals surface area contributed by atoms with Crippen LogP contribution < -0.4 is 0 Å². The van der Waals surface area contributed by atoms with Crippen molar-refractivity contribution in [2.75, 3.05) is 13.1 Å². The van der Waals surface area contributed by atoms with Crippen LogP contribution in [-0.2, 0) is 4.74 Å². The van der Waals surface area contributed by atoms with E-state index < -0.39 is 5.60 Å². The largest absolute Gasteiger partial charge is 0.444 e. The average Bonchev–Trinajstić information content (AvgIpc) is 2.37. The lowest BCUT2D eigenvalue weighted by molar-refractivity contribution is 0.0270. The van der Waals surface area contributed by atoms with Crippen molar-refractivity contribution in [1.82, 2.24) is 9.88 Å². The summed E-state index contributed by atoms with van der Waals surface area (Å²) in [5, 5.41) is 0. The maximum absolute atomic E-state index is 12.0.